The average molecular weight is 884 g/mol. The molecular weight excluding hydrogens is 841 g/mol. The smallest absolute Gasteiger partial charge is 0.398 e. The fourth-order valence-corrected chi connectivity index (χ4v) is 7.28. The maximum atomic E-state index is 15.6. The lowest BCUT2D eigenvalue weighted by Crippen LogP contribution is -2.43. The van der Waals surface area contributed by atoms with E-state index < -0.39 is 49.2 Å². The first-order valence-corrected chi connectivity index (χ1v) is 20.2. The maximum Gasteiger partial charge on any atom is 0.398 e. The van der Waals surface area contributed by atoms with Gasteiger partial charge in [-0.15, -0.1) is 0 Å². The Morgan fingerprint density at radius 1 is 0.443 bits per heavy atom. The first-order valence-electron chi connectivity index (χ1n) is 19.5. The lowest BCUT2D eigenvalue weighted by molar-refractivity contribution is -0.211. The van der Waals surface area contributed by atoms with Crippen LogP contribution in [0.15, 0.2) is 146 Å². The minimum atomic E-state index is -4.97. The third-order valence-corrected chi connectivity index (χ3v) is 10.2. The van der Waals surface area contributed by atoms with Gasteiger partial charge in [-0.05, 0) is 146 Å². The number of hydrogen-bond donors (Lipinski definition) is 0. The zero-order valence-corrected chi connectivity index (χ0v) is 34.6. The van der Waals surface area contributed by atoms with Gasteiger partial charge in [0.15, 0.2) is 0 Å². The van der Waals surface area contributed by atoms with Gasteiger partial charge in [0.2, 0.25) is 0 Å². The minimum absolute atomic E-state index is 0.212. The van der Waals surface area contributed by atoms with Crippen LogP contribution in [0.5, 0.6) is 34.5 Å². The highest BCUT2D eigenvalue weighted by Gasteiger charge is 2.51. The van der Waals surface area contributed by atoms with E-state index in [9.17, 15) is 0 Å². The molecule has 0 radical (unpaired) electrons. The van der Waals surface area contributed by atoms with Crippen LogP contribution in [-0.2, 0) is 17.6 Å². The molecule has 0 amide bonds. The highest BCUT2D eigenvalue weighted by molar-refractivity contribution is 6.30. The summed E-state index contributed by atoms with van der Waals surface area (Å²) < 4.78 is 123. The Bertz CT molecular complexity index is 2120. The number of halogens is 8. The van der Waals surface area contributed by atoms with Gasteiger partial charge >= 0.3 is 12.4 Å². The van der Waals surface area contributed by atoms with Gasteiger partial charge in [-0.3, -0.25) is 0 Å². The molecule has 4 unspecified atom stereocenters. The summed E-state index contributed by atoms with van der Waals surface area (Å²) >= 11 is 12.1. The SMILES string of the molecule is CCOc1ccc(C(C(Cc2cccc(Oc3ccc(Cl)cc3)c2)OC(Cc2cccc(Oc3ccc(Cl)cc3)c2)C(c2ccc(OCC)cc2)C(F)(F)F)C(F)(F)F)cc1. The molecule has 4 atom stereocenters. The predicted octanol–water partition coefficient (Wildman–Crippen LogP) is 14.6. The fraction of sp³-hybridized carbons (Fsp3) is 0.250. The molecule has 0 fully saturated rings. The second kappa shape index (κ2) is 20.5. The zero-order valence-electron chi connectivity index (χ0n) is 33.1. The molecule has 6 aromatic carbocycles. The van der Waals surface area contributed by atoms with Crippen LogP contribution in [0, 0.1) is 0 Å². The quantitative estimate of drug-likeness (QED) is 0.0805. The van der Waals surface area contributed by atoms with Crippen LogP contribution >= 0.6 is 23.2 Å². The molecule has 0 saturated heterocycles. The lowest BCUT2D eigenvalue weighted by atomic mass is 9.86. The van der Waals surface area contributed by atoms with Crippen molar-refractivity contribution in [3.8, 4) is 34.5 Å². The van der Waals surface area contributed by atoms with E-state index in [0.717, 1.165) is 0 Å². The number of rotatable bonds is 18. The Kier molecular flexibility index (Phi) is 15.2. The van der Waals surface area contributed by atoms with E-state index in [-0.39, 0.29) is 24.3 Å². The molecule has 6 rings (SSSR count). The van der Waals surface area contributed by atoms with E-state index in [1.807, 2.05) is 0 Å². The summed E-state index contributed by atoms with van der Waals surface area (Å²) in [4.78, 5) is 0. The molecule has 0 bridgehead atoms. The Hall–Kier alpha value is -5.36. The van der Waals surface area contributed by atoms with Crippen molar-refractivity contribution in [1.82, 2.24) is 0 Å². The van der Waals surface area contributed by atoms with Crippen LogP contribution < -0.4 is 18.9 Å². The van der Waals surface area contributed by atoms with Gasteiger partial charge in [-0.1, -0.05) is 71.7 Å². The summed E-state index contributed by atoms with van der Waals surface area (Å²) in [6, 6.07) is 36.3. The maximum absolute atomic E-state index is 15.6. The zero-order chi connectivity index (χ0) is 43.6. The Balaban J connectivity index is 1.45. The second-order valence-electron chi connectivity index (χ2n) is 14.1. The summed E-state index contributed by atoms with van der Waals surface area (Å²) in [6.45, 7) is 4.03. The van der Waals surface area contributed by atoms with Gasteiger partial charge in [0.1, 0.15) is 46.3 Å². The van der Waals surface area contributed by atoms with E-state index in [0.29, 0.717) is 55.7 Å². The third kappa shape index (κ3) is 12.8. The Labute approximate surface area is 360 Å². The monoisotopic (exact) mass is 882 g/mol. The molecule has 61 heavy (non-hydrogen) atoms. The molecule has 5 nitrogen and oxygen atoms in total. The highest BCUT2D eigenvalue weighted by atomic mass is 35.5. The average Bonchev–Trinajstić information content (AvgIpc) is 3.21. The highest BCUT2D eigenvalue weighted by Crippen LogP contribution is 2.46. The molecule has 0 aliphatic heterocycles. The van der Waals surface area contributed by atoms with Crippen LogP contribution in [0.1, 0.15) is 47.9 Å². The van der Waals surface area contributed by atoms with Gasteiger partial charge in [0.25, 0.3) is 0 Å². The normalized spacial score (nSPS) is 13.8. The summed E-state index contributed by atoms with van der Waals surface area (Å²) in [5.74, 6) is -2.66. The molecule has 320 valence electrons. The van der Waals surface area contributed by atoms with Gasteiger partial charge in [0, 0.05) is 10.0 Å². The van der Waals surface area contributed by atoms with Crippen LogP contribution in [0.25, 0.3) is 0 Å². The summed E-state index contributed by atoms with van der Waals surface area (Å²) in [7, 11) is 0. The first kappa shape index (κ1) is 45.2. The molecule has 0 heterocycles. The van der Waals surface area contributed by atoms with E-state index in [2.05, 4.69) is 0 Å². The predicted molar refractivity (Wildman–Crippen MR) is 225 cm³/mol. The van der Waals surface area contributed by atoms with Crippen molar-refractivity contribution in [2.24, 2.45) is 0 Å². The molecule has 6 aromatic rings. The first-order chi connectivity index (χ1) is 29.2. The summed E-state index contributed by atoms with van der Waals surface area (Å²) in [5, 5.41) is 0.956. The molecule has 0 saturated carbocycles. The van der Waals surface area contributed by atoms with Crippen molar-refractivity contribution in [1.29, 1.82) is 0 Å². The molecule has 0 aromatic heterocycles. The van der Waals surface area contributed by atoms with E-state index in [4.69, 9.17) is 46.9 Å². The Morgan fingerprint density at radius 3 is 1.11 bits per heavy atom. The number of hydrogen-bond acceptors (Lipinski definition) is 5. The van der Waals surface area contributed by atoms with Gasteiger partial charge in [-0.2, -0.15) is 26.3 Å². The molecule has 0 spiro atoms. The topological polar surface area (TPSA) is 46.2 Å². The number of benzene rings is 6. The number of alkyl halides is 6. The summed E-state index contributed by atoms with van der Waals surface area (Å²) in [5.41, 5.74) is 0.240. The van der Waals surface area contributed by atoms with Gasteiger partial charge in [-0.25, -0.2) is 0 Å². The van der Waals surface area contributed by atoms with Gasteiger partial charge in [0.05, 0.1) is 25.4 Å². The fourth-order valence-electron chi connectivity index (χ4n) is 7.03. The van der Waals surface area contributed by atoms with Crippen LogP contribution in [-0.4, -0.2) is 37.8 Å². The molecule has 0 aliphatic carbocycles. The second-order valence-corrected chi connectivity index (χ2v) is 14.9. The summed E-state index contributed by atoms with van der Waals surface area (Å²) in [6.07, 6.45) is -14.6. The van der Waals surface area contributed by atoms with Crippen LogP contribution in [0.2, 0.25) is 10.0 Å². The van der Waals surface area contributed by atoms with E-state index >= 15 is 26.3 Å². The van der Waals surface area contributed by atoms with Crippen molar-refractivity contribution in [2.75, 3.05) is 13.2 Å². The van der Waals surface area contributed by atoms with Crippen molar-refractivity contribution in [3.05, 3.63) is 178 Å². The van der Waals surface area contributed by atoms with E-state index in [1.165, 1.54) is 60.7 Å². The van der Waals surface area contributed by atoms with Crippen molar-refractivity contribution < 1.29 is 50.0 Å². The minimum Gasteiger partial charge on any atom is -0.494 e. The number of ether oxygens (including phenoxy) is 5. The Morgan fingerprint density at radius 2 is 0.787 bits per heavy atom. The lowest BCUT2D eigenvalue weighted by Gasteiger charge is -2.37. The van der Waals surface area contributed by atoms with Crippen LogP contribution in [0.4, 0.5) is 26.3 Å². The largest absolute Gasteiger partial charge is 0.494 e. The third-order valence-electron chi connectivity index (χ3n) is 9.67. The van der Waals surface area contributed by atoms with Crippen molar-refractivity contribution in [2.45, 2.75) is 63.1 Å². The molecule has 0 N–H and O–H groups in total. The van der Waals surface area contributed by atoms with Crippen molar-refractivity contribution in [3.63, 3.8) is 0 Å². The van der Waals surface area contributed by atoms with Crippen molar-refractivity contribution >= 4 is 23.2 Å². The van der Waals surface area contributed by atoms with Crippen LogP contribution in [0.3, 0.4) is 0 Å². The molecular formula is C48H42Cl2F6O5. The molecule has 0 aliphatic rings. The van der Waals surface area contributed by atoms with E-state index in [1.54, 1.807) is 98.8 Å². The van der Waals surface area contributed by atoms with Gasteiger partial charge < -0.3 is 23.7 Å². The molecule has 13 heteroatoms. The standard InChI is InChI=1S/C48H42Cl2F6O5/c1-3-57-37-19-11-33(12-20-37)45(47(51,52)53)43(29-31-7-5-9-41(27-31)59-39-23-15-35(49)16-24-39)61-44(46(48(54,55)56)34-13-21-38(22-14-34)58-4-2)30-32-8-6-10-42(28-32)60-40-25-17-36(50)18-26-40/h5-28,43-46H,3-4,29-30H2,1-2H3.